The SMILES string of the molecule is CCOC(=O)N1CCC(Nc2ncc(C(=O)Nc3cc(C)on3)cn2)CC1. The summed E-state index contributed by atoms with van der Waals surface area (Å²) in [4.78, 5) is 33.9. The summed E-state index contributed by atoms with van der Waals surface area (Å²) in [5, 5.41) is 9.55. The van der Waals surface area contributed by atoms with Crippen LogP contribution in [0.5, 0.6) is 0 Å². The molecule has 0 unspecified atom stereocenters. The number of nitrogens with one attached hydrogen (secondary N) is 2. The Kier molecular flexibility index (Phi) is 5.84. The van der Waals surface area contributed by atoms with Crippen molar-refractivity contribution in [2.45, 2.75) is 32.7 Å². The Morgan fingerprint density at radius 2 is 2.00 bits per heavy atom. The summed E-state index contributed by atoms with van der Waals surface area (Å²) >= 11 is 0. The van der Waals surface area contributed by atoms with Crippen LogP contribution in [0.1, 0.15) is 35.9 Å². The summed E-state index contributed by atoms with van der Waals surface area (Å²) in [6.45, 7) is 5.15. The van der Waals surface area contributed by atoms with E-state index in [0.29, 0.717) is 42.8 Å². The van der Waals surface area contributed by atoms with Crippen molar-refractivity contribution in [3.8, 4) is 0 Å². The average Bonchev–Trinajstić information content (AvgIpc) is 3.08. The quantitative estimate of drug-likeness (QED) is 0.815. The predicted molar refractivity (Wildman–Crippen MR) is 96.5 cm³/mol. The van der Waals surface area contributed by atoms with Crippen LogP contribution in [0, 0.1) is 6.92 Å². The zero-order chi connectivity index (χ0) is 19.2. The van der Waals surface area contributed by atoms with E-state index >= 15 is 0 Å². The van der Waals surface area contributed by atoms with Gasteiger partial charge in [-0.15, -0.1) is 0 Å². The average molecular weight is 374 g/mol. The molecule has 144 valence electrons. The van der Waals surface area contributed by atoms with E-state index in [4.69, 9.17) is 9.26 Å². The molecule has 0 atom stereocenters. The maximum Gasteiger partial charge on any atom is 0.409 e. The Labute approximate surface area is 156 Å². The Balaban J connectivity index is 1.49. The highest BCUT2D eigenvalue weighted by atomic mass is 16.6. The molecule has 1 fully saturated rings. The van der Waals surface area contributed by atoms with Crippen LogP contribution in [0.15, 0.2) is 23.0 Å². The molecule has 3 rings (SSSR count). The summed E-state index contributed by atoms with van der Waals surface area (Å²) in [5.41, 5.74) is 0.318. The van der Waals surface area contributed by atoms with Crippen LogP contribution in [0.2, 0.25) is 0 Å². The number of aryl methyl sites for hydroxylation is 1. The van der Waals surface area contributed by atoms with Crippen molar-refractivity contribution in [2.24, 2.45) is 0 Å². The van der Waals surface area contributed by atoms with E-state index < -0.39 is 0 Å². The topological polar surface area (TPSA) is 122 Å². The van der Waals surface area contributed by atoms with Crippen molar-refractivity contribution < 1.29 is 18.8 Å². The van der Waals surface area contributed by atoms with Crippen LogP contribution in [-0.4, -0.2) is 57.8 Å². The molecular weight excluding hydrogens is 352 g/mol. The third kappa shape index (κ3) is 4.93. The number of aromatic nitrogens is 3. The number of carbonyl (C=O) groups is 2. The van der Waals surface area contributed by atoms with E-state index in [1.807, 2.05) is 0 Å². The van der Waals surface area contributed by atoms with Gasteiger partial charge in [-0.05, 0) is 26.7 Å². The molecule has 0 aliphatic carbocycles. The lowest BCUT2D eigenvalue weighted by molar-refractivity contribution is 0.0982. The highest BCUT2D eigenvalue weighted by Gasteiger charge is 2.24. The fourth-order valence-corrected chi connectivity index (χ4v) is 2.74. The van der Waals surface area contributed by atoms with Gasteiger partial charge in [0.1, 0.15) is 5.76 Å². The molecule has 1 saturated heterocycles. The predicted octanol–water partition coefficient (Wildman–Crippen LogP) is 2.06. The number of nitrogens with zero attached hydrogens (tertiary/aromatic N) is 4. The molecule has 0 spiro atoms. The van der Waals surface area contributed by atoms with Crippen LogP contribution in [0.3, 0.4) is 0 Å². The van der Waals surface area contributed by atoms with Gasteiger partial charge < -0.3 is 24.8 Å². The Morgan fingerprint density at radius 3 is 2.59 bits per heavy atom. The molecule has 0 radical (unpaired) electrons. The normalized spacial score (nSPS) is 14.7. The third-order valence-corrected chi connectivity index (χ3v) is 4.14. The maximum atomic E-state index is 12.1. The van der Waals surface area contributed by atoms with E-state index in [2.05, 4.69) is 25.8 Å². The number of hydrogen-bond donors (Lipinski definition) is 2. The molecule has 2 aromatic rings. The second kappa shape index (κ2) is 8.47. The van der Waals surface area contributed by atoms with Crippen molar-refractivity contribution in [3.63, 3.8) is 0 Å². The molecule has 1 aliphatic rings. The van der Waals surface area contributed by atoms with Crippen LogP contribution >= 0.6 is 0 Å². The van der Waals surface area contributed by atoms with Crippen molar-refractivity contribution >= 4 is 23.8 Å². The number of piperidine rings is 1. The molecule has 0 saturated carbocycles. The second-order valence-electron chi connectivity index (χ2n) is 6.18. The highest BCUT2D eigenvalue weighted by Crippen LogP contribution is 2.15. The molecule has 3 heterocycles. The number of rotatable bonds is 5. The Bertz CT molecular complexity index is 783. The minimum Gasteiger partial charge on any atom is -0.450 e. The molecule has 10 heteroatoms. The van der Waals surface area contributed by atoms with Gasteiger partial charge >= 0.3 is 6.09 Å². The summed E-state index contributed by atoms with van der Waals surface area (Å²) < 4.78 is 9.91. The zero-order valence-electron chi connectivity index (χ0n) is 15.3. The fraction of sp³-hybridized carbons (Fsp3) is 0.471. The number of carbonyl (C=O) groups excluding carboxylic acids is 2. The molecular formula is C17H22N6O4. The first kappa shape index (κ1) is 18.6. The summed E-state index contributed by atoms with van der Waals surface area (Å²) in [7, 11) is 0. The molecule has 2 N–H and O–H groups in total. The standard InChI is InChI=1S/C17H22N6O4/c1-3-26-17(25)23-6-4-13(5-7-23)20-16-18-9-12(10-19-16)15(24)21-14-8-11(2)27-22-14/h8-10,13H,3-7H2,1-2H3,(H,18,19,20)(H,21,22,24). The first-order valence-corrected chi connectivity index (χ1v) is 8.80. The van der Waals surface area contributed by atoms with Crippen LogP contribution in [-0.2, 0) is 4.74 Å². The van der Waals surface area contributed by atoms with Gasteiger partial charge in [0.25, 0.3) is 5.91 Å². The van der Waals surface area contributed by atoms with Gasteiger partial charge in [-0.25, -0.2) is 14.8 Å². The van der Waals surface area contributed by atoms with E-state index in [1.54, 1.807) is 24.8 Å². The van der Waals surface area contributed by atoms with Crippen molar-refractivity contribution in [2.75, 3.05) is 30.3 Å². The number of ether oxygens (including phenoxy) is 1. The summed E-state index contributed by atoms with van der Waals surface area (Å²) in [6, 6.07) is 1.78. The number of hydrogen-bond acceptors (Lipinski definition) is 8. The van der Waals surface area contributed by atoms with Gasteiger partial charge in [-0.1, -0.05) is 5.16 Å². The van der Waals surface area contributed by atoms with Gasteiger partial charge in [-0.3, -0.25) is 4.79 Å². The smallest absolute Gasteiger partial charge is 0.409 e. The first-order chi connectivity index (χ1) is 13.0. The number of likely N-dealkylation sites (tertiary alicyclic amines) is 1. The summed E-state index contributed by atoms with van der Waals surface area (Å²) in [5.74, 6) is 1.03. The lowest BCUT2D eigenvalue weighted by Gasteiger charge is -2.31. The van der Waals surface area contributed by atoms with Gasteiger partial charge in [-0.2, -0.15) is 0 Å². The lowest BCUT2D eigenvalue weighted by atomic mass is 10.1. The zero-order valence-corrected chi connectivity index (χ0v) is 15.3. The van der Waals surface area contributed by atoms with Gasteiger partial charge in [0.15, 0.2) is 5.82 Å². The van der Waals surface area contributed by atoms with Crippen LogP contribution in [0.4, 0.5) is 16.6 Å². The van der Waals surface area contributed by atoms with Gasteiger partial charge in [0, 0.05) is 37.6 Å². The fourth-order valence-electron chi connectivity index (χ4n) is 2.74. The van der Waals surface area contributed by atoms with E-state index in [0.717, 1.165) is 12.8 Å². The molecule has 10 nitrogen and oxygen atoms in total. The van der Waals surface area contributed by atoms with Crippen LogP contribution in [0.25, 0.3) is 0 Å². The van der Waals surface area contributed by atoms with Crippen molar-refractivity contribution in [1.29, 1.82) is 0 Å². The molecule has 0 bridgehead atoms. The highest BCUT2D eigenvalue weighted by molar-refractivity contribution is 6.03. The summed E-state index contributed by atoms with van der Waals surface area (Å²) in [6.07, 6.45) is 4.17. The van der Waals surface area contributed by atoms with Crippen LogP contribution < -0.4 is 10.6 Å². The number of anilines is 2. The Hall–Kier alpha value is -3.17. The van der Waals surface area contributed by atoms with Crippen molar-refractivity contribution in [1.82, 2.24) is 20.0 Å². The molecule has 27 heavy (non-hydrogen) atoms. The molecule has 2 amide bonds. The number of amides is 2. The Morgan fingerprint density at radius 1 is 1.30 bits per heavy atom. The lowest BCUT2D eigenvalue weighted by Crippen LogP contribution is -2.42. The first-order valence-electron chi connectivity index (χ1n) is 8.80. The van der Waals surface area contributed by atoms with E-state index in [1.165, 1.54) is 12.4 Å². The third-order valence-electron chi connectivity index (χ3n) is 4.14. The molecule has 0 aromatic carbocycles. The van der Waals surface area contributed by atoms with Gasteiger partial charge in [0.2, 0.25) is 5.95 Å². The van der Waals surface area contributed by atoms with Crippen molar-refractivity contribution in [3.05, 3.63) is 29.8 Å². The largest absolute Gasteiger partial charge is 0.450 e. The second-order valence-corrected chi connectivity index (χ2v) is 6.18. The monoisotopic (exact) mass is 374 g/mol. The van der Waals surface area contributed by atoms with E-state index in [-0.39, 0.29) is 18.0 Å². The van der Waals surface area contributed by atoms with E-state index in [9.17, 15) is 9.59 Å². The molecule has 2 aromatic heterocycles. The minimum atomic E-state index is -0.363. The molecule has 1 aliphatic heterocycles. The maximum absolute atomic E-state index is 12.1. The van der Waals surface area contributed by atoms with Gasteiger partial charge in [0.05, 0.1) is 12.2 Å². The minimum absolute atomic E-state index is 0.161.